The number of aromatic nitrogens is 2. The molecule has 0 aliphatic heterocycles. The first-order chi connectivity index (χ1) is 10.6. The molecule has 2 heterocycles. The number of carbonyl (C=O) groups is 1. The number of nitrogens with zero attached hydrogens (tertiary/aromatic N) is 4. The molecule has 110 valence electrons. The molecule has 0 radical (unpaired) electrons. The predicted molar refractivity (Wildman–Crippen MR) is 82.8 cm³/mol. The van der Waals surface area contributed by atoms with Crippen LogP contribution < -0.4 is 0 Å². The molecule has 1 N–H and O–H groups in total. The van der Waals surface area contributed by atoms with Crippen molar-refractivity contribution in [1.82, 2.24) is 9.38 Å². The van der Waals surface area contributed by atoms with E-state index in [4.69, 9.17) is 23.2 Å². The van der Waals surface area contributed by atoms with Gasteiger partial charge in [-0.05, 0) is 24.3 Å². The third kappa shape index (κ3) is 2.66. The minimum absolute atomic E-state index is 0.0740. The van der Waals surface area contributed by atoms with Crippen molar-refractivity contribution in [3.8, 4) is 0 Å². The van der Waals surface area contributed by atoms with Crippen molar-refractivity contribution in [3.05, 3.63) is 58.3 Å². The Bertz CT molecular complexity index is 905. The second kappa shape index (κ2) is 5.75. The maximum absolute atomic E-state index is 11.3. The number of aromatic carboxylic acids is 1. The van der Waals surface area contributed by atoms with Crippen LogP contribution in [0.3, 0.4) is 0 Å². The summed E-state index contributed by atoms with van der Waals surface area (Å²) in [6.45, 7) is 0. The number of hydrogen-bond donors (Lipinski definition) is 1. The first-order valence-corrected chi connectivity index (χ1v) is 6.89. The zero-order valence-corrected chi connectivity index (χ0v) is 12.5. The van der Waals surface area contributed by atoms with Crippen molar-refractivity contribution in [1.29, 1.82) is 0 Å². The summed E-state index contributed by atoms with van der Waals surface area (Å²) in [7, 11) is 0. The van der Waals surface area contributed by atoms with Crippen molar-refractivity contribution < 1.29 is 9.90 Å². The van der Waals surface area contributed by atoms with Crippen molar-refractivity contribution in [2.45, 2.75) is 0 Å². The third-order valence-corrected chi connectivity index (χ3v) is 3.41. The Morgan fingerprint density at radius 1 is 1.14 bits per heavy atom. The molecule has 0 aliphatic rings. The number of pyridine rings is 1. The van der Waals surface area contributed by atoms with Crippen LogP contribution >= 0.6 is 23.2 Å². The molecule has 0 amide bonds. The van der Waals surface area contributed by atoms with Gasteiger partial charge in [-0.2, -0.15) is 0 Å². The van der Waals surface area contributed by atoms with E-state index in [0.29, 0.717) is 21.4 Å². The van der Waals surface area contributed by atoms with Crippen LogP contribution in [0.25, 0.3) is 5.65 Å². The summed E-state index contributed by atoms with van der Waals surface area (Å²) in [5.41, 5.74) is 0.630. The lowest BCUT2D eigenvalue weighted by Crippen LogP contribution is -1.96. The molecule has 0 fully saturated rings. The standard InChI is InChI=1S/C14H8Cl2N4O2/c15-8-5-6-11-17-12(14(21)22)13(20(11)7-8)19-18-10-4-2-1-3-9(10)16/h1-7H,(H,21,22). The number of carboxylic acid groups (broad SMARTS) is 1. The number of azo groups is 1. The van der Waals surface area contributed by atoms with Gasteiger partial charge in [0.1, 0.15) is 11.3 Å². The molecule has 22 heavy (non-hydrogen) atoms. The summed E-state index contributed by atoms with van der Waals surface area (Å²) in [5, 5.41) is 18.1. The number of rotatable bonds is 3. The number of benzene rings is 1. The monoisotopic (exact) mass is 334 g/mol. The summed E-state index contributed by atoms with van der Waals surface area (Å²) in [5.74, 6) is -1.13. The second-order valence-corrected chi connectivity index (χ2v) is 5.16. The minimum Gasteiger partial charge on any atom is -0.476 e. The SMILES string of the molecule is O=C(O)c1nc2ccc(Cl)cn2c1N=Nc1ccccc1Cl. The quantitative estimate of drug-likeness (QED) is 0.701. The molecule has 0 saturated heterocycles. The number of carboxylic acids is 1. The van der Waals surface area contributed by atoms with Gasteiger partial charge in [0.15, 0.2) is 11.5 Å². The molecule has 0 spiro atoms. The van der Waals surface area contributed by atoms with E-state index in [1.807, 2.05) is 0 Å². The summed E-state index contributed by atoms with van der Waals surface area (Å²) in [4.78, 5) is 15.3. The molecular formula is C14H8Cl2N4O2. The van der Waals surface area contributed by atoms with Gasteiger partial charge in [-0.3, -0.25) is 4.40 Å². The fraction of sp³-hybridized carbons (Fsp3) is 0. The highest BCUT2D eigenvalue weighted by Gasteiger charge is 2.18. The van der Waals surface area contributed by atoms with E-state index in [1.54, 1.807) is 36.4 Å². The van der Waals surface area contributed by atoms with E-state index in [2.05, 4.69) is 15.2 Å². The van der Waals surface area contributed by atoms with Gasteiger partial charge < -0.3 is 5.11 Å². The number of halogens is 2. The smallest absolute Gasteiger partial charge is 0.358 e. The topological polar surface area (TPSA) is 79.3 Å². The van der Waals surface area contributed by atoms with Crippen LogP contribution in [0.4, 0.5) is 11.5 Å². The Hall–Kier alpha value is -2.44. The van der Waals surface area contributed by atoms with Gasteiger partial charge in [-0.25, -0.2) is 9.78 Å². The summed E-state index contributed by atoms with van der Waals surface area (Å²) >= 11 is 11.9. The van der Waals surface area contributed by atoms with E-state index < -0.39 is 5.97 Å². The fourth-order valence-electron chi connectivity index (χ4n) is 1.88. The maximum Gasteiger partial charge on any atom is 0.358 e. The average Bonchev–Trinajstić information content (AvgIpc) is 2.84. The lowest BCUT2D eigenvalue weighted by molar-refractivity contribution is 0.0692. The molecule has 0 atom stereocenters. The number of imidazole rings is 1. The van der Waals surface area contributed by atoms with Gasteiger partial charge in [-0.15, -0.1) is 10.2 Å². The van der Waals surface area contributed by atoms with Crippen molar-refractivity contribution in [3.63, 3.8) is 0 Å². The Kier molecular flexibility index (Phi) is 3.79. The van der Waals surface area contributed by atoms with Crippen LogP contribution in [0.1, 0.15) is 10.5 Å². The summed E-state index contributed by atoms with van der Waals surface area (Å²) in [6, 6.07) is 10.1. The Labute approximate surface area is 134 Å². The van der Waals surface area contributed by atoms with Gasteiger partial charge in [0.25, 0.3) is 0 Å². The Morgan fingerprint density at radius 2 is 1.91 bits per heavy atom. The molecule has 0 saturated carbocycles. The van der Waals surface area contributed by atoms with E-state index in [-0.39, 0.29) is 11.5 Å². The van der Waals surface area contributed by atoms with Crippen LogP contribution in [-0.4, -0.2) is 20.5 Å². The highest BCUT2D eigenvalue weighted by Crippen LogP contribution is 2.28. The summed E-state index contributed by atoms with van der Waals surface area (Å²) in [6.07, 6.45) is 1.53. The van der Waals surface area contributed by atoms with Crippen molar-refractivity contribution >= 4 is 46.3 Å². The Morgan fingerprint density at radius 3 is 2.64 bits per heavy atom. The molecule has 3 rings (SSSR count). The van der Waals surface area contributed by atoms with Gasteiger partial charge in [0.05, 0.1) is 10.0 Å². The van der Waals surface area contributed by atoms with Crippen molar-refractivity contribution in [2.75, 3.05) is 0 Å². The van der Waals surface area contributed by atoms with Gasteiger partial charge in [0.2, 0.25) is 0 Å². The lowest BCUT2D eigenvalue weighted by Gasteiger charge is -1.98. The zero-order chi connectivity index (χ0) is 15.7. The molecule has 1 aromatic carbocycles. The number of hydrogen-bond acceptors (Lipinski definition) is 4. The molecule has 0 bridgehead atoms. The third-order valence-electron chi connectivity index (χ3n) is 2.86. The van der Waals surface area contributed by atoms with E-state index in [9.17, 15) is 9.90 Å². The highest BCUT2D eigenvalue weighted by atomic mass is 35.5. The zero-order valence-electron chi connectivity index (χ0n) is 10.9. The molecule has 0 aliphatic carbocycles. The molecular weight excluding hydrogens is 327 g/mol. The van der Waals surface area contributed by atoms with Gasteiger partial charge >= 0.3 is 5.97 Å². The minimum atomic E-state index is -1.20. The van der Waals surface area contributed by atoms with E-state index >= 15 is 0 Å². The number of fused-ring (bicyclic) bond motifs is 1. The first kappa shape index (κ1) is 14.5. The molecule has 2 aromatic heterocycles. The predicted octanol–water partition coefficient (Wildman–Crippen LogP) is 4.75. The van der Waals surface area contributed by atoms with E-state index in [1.165, 1.54) is 10.6 Å². The normalized spacial score (nSPS) is 11.4. The summed E-state index contributed by atoms with van der Waals surface area (Å²) < 4.78 is 1.46. The maximum atomic E-state index is 11.3. The Balaban J connectivity index is 2.16. The van der Waals surface area contributed by atoms with Crippen molar-refractivity contribution in [2.24, 2.45) is 10.2 Å². The fourth-order valence-corrected chi connectivity index (χ4v) is 2.21. The van der Waals surface area contributed by atoms with Crippen LogP contribution in [0, 0.1) is 0 Å². The van der Waals surface area contributed by atoms with Crippen LogP contribution in [-0.2, 0) is 0 Å². The van der Waals surface area contributed by atoms with Crippen LogP contribution in [0.5, 0.6) is 0 Å². The van der Waals surface area contributed by atoms with E-state index in [0.717, 1.165) is 0 Å². The average molecular weight is 335 g/mol. The molecule has 6 nitrogen and oxygen atoms in total. The largest absolute Gasteiger partial charge is 0.476 e. The molecule has 8 heteroatoms. The lowest BCUT2D eigenvalue weighted by atomic mass is 10.3. The highest BCUT2D eigenvalue weighted by molar-refractivity contribution is 6.32. The molecule has 0 unspecified atom stereocenters. The first-order valence-electron chi connectivity index (χ1n) is 6.13. The van der Waals surface area contributed by atoms with Crippen LogP contribution in [0.2, 0.25) is 10.0 Å². The molecule has 3 aromatic rings. The van der Waals surface area contributed by atoms with Gasteiger partial charge in [-0.1, -0.05) is 35.3 Å². The second-order valence-electron chi connectivity index (χ2n) is 4.32. The van der Waals surface area contributed by atoms with Crippen LogP contribution in [0.15, 0.2) is 52.8 Å². The van der Waals surface area contributed by atoms with Gasteiger partial charge in [0, 0.05) is 6.20 Å².